The third kappa shape index (κ3) is 2.66. The molecule has 1 aromatic carbocycles. The first-order valence-corrected chi connectivity index (χ1v) is 7.22. The van der Waals surface area contributed by atoms with E-state index in [0.717, 1.165) is 36.8 Å². The van der Waals surface area contributed by atoms with E-state index >= 15 is 0 Å². The zero-order valence-electron chi connectivity index (χ0n) is 12.1. The first kappa shape index (κ1) is 12.7. The summed E-state index contributed by atoms with van der Waals surface area (Å²) in [6.07, 6.45) is 2.33. The number of imidazole rings is 1. The second kappa shape index (κ2) is 4.64. The van der Waals surface area contributed by atoms with Gasteiger partial charge in [0.2, 0.25) is 0 Å². The molecule has 1 aliphatic heterocycles. The Balaban J connectivity index is 1.87. The van der Waals surface area contributed by atoms with Crippen LogP contribution in [0.4, 0.5) is 0 Å². The summed E-state index contributed by atoms with van der Waals surface area (Å²) >= 11 is 0. The highest BCUT2D eigenvalue weighted by Crippen LogP contribution is 2.25. The average molecular weight is 257 g/mol. The Morgan fingerprint density at radius 1 is 1.32 bits per heavy atom. The van der Waals surface area contributed by atoms with E-state index in [1.807, 2.05) is 0 Å². The van der Waals surface area contributed by atoms with Crippen molar-refractivity contribution in [2.45, 2.75) is 39.0 Å². The van der Waals surface area contributed by atoms with Crippen molar-refractivity contribution in [3.05, 3.63) is 29.6 Å². The van der Waals surface area contributed by atoms with Gasteiger partial charge in [-0.15, -0.1) is 0 Å². The number of fused-ring (bicyclic) bond motifs is 1. The van der Waals surface area contributed by atoms with Crippen molar-refractivity contribution < 1.29 is 0 Å². The average Bonchev–Trinajstić information content (AvgIpc) is 2.95. The van der Waals surface area contributed by atoms with Gasteiger partial charge < -0.3 is 10.3 Å². The lowest BCUT2D eigenvalue weighted by molar-refractivity contribution is 0.565. The Labute approximate surface area is 114 Å². The van der Waals surface area contributed by atoms with Crippen LogP contribution in [0.25, 0.3) is 11.0 Å². The number of H-pyrrole nitrogens is 1. The fourth-order valence-corrected chi connectivity index (χ4v) is 2.79. The van der Waals surface area contributed by atoms with Gasteiger partial charge in [-0.2, -0.15) is 0 Å². The van der Waals surface area contributed by atoms with Gasteiger partial charge in [-0.1, -0.05) is 26.8 Å². The summed E-state index contributed by atoms with van der Waals surface area (Å²) in [5.74, 6) is 1.87. The fourth-order valence-electron chi connectivity index (χ4n) is 2.79. The SMILES string of the molecule is CC(C)(C)c1ccc2nc(CC3CCNC3)[nH]c2c1. The monoisotopic (exact) mass is 257 g/mol. The molecule has 19 heavy (non-hydrogen) atoms. The predicted octanol–water partition coefficient (Wildman–Crippen LogP) is 3.01. The number of nitrogens with one attached hydrogen (secondary N) is 2. The van der Waals surface area contributed by atoms with Crippen molar-refractivity contribution in [1.82, 2.24) is 15.3 Å². The van der Waals surface area contributed by atoms with E-state index in [4.69, 9.17) is 4.98 Å². The molecule has 2 aromatic rings. The zero-order valence-corrected chi connectivity index (χ0v) is 12.1. The number of aromatic amines is 1. The number of rotatable bonds is 2. The van der Waals surface area contributed by atoms with Crippen molar-refractivity contribution in [1.29, 1.82) is 0 Å². The van der Waals surface area contributed by atoms with Gasteiger partial charge in [-0.3, -0.25) is 0 Å². The van der Waals surface area contributed by atoms with Gasteiger partial charge in [0.15, 0.2) is 0 Å². The van der Waals surface area contributed by atoms with Crippen LogP contribution >= 0.6 is 0 Å². The molecule has 0 amide bonds. The van der Waals surface area contributed by atoms with E-state index in [-0.39, 0.29) is 5.41 Å². The van der Waals surface area contributed by atoms with Gasteiger partial charge in [-0.25, -0.2) is 4.98 Å². The van der Waals surface area contributed by atoms with E-state index in [1.165, 1.54) is 17.5 Å². The number of aromatic nitrogens is 2. The molecule has 0 bridgehead atoms. The third-order valence-electron chi connectivity index (χ3n) is 4.04. The van der Waals surface area contributed by atoms with E-state index < -0.39 is 0 Å². The van der Waals surface area contributed by atoms with Gasteiger partial charge in [-0.05, 0) is 48.5 Å². The summed E-state index contributed by atoms with van der Waals surface area (Å²) in [6, 6.07) is 6.59. The quantitative estimate of drug-likeness (QED) is 0.868. The molecule has 102 valence electrons. The summed E-state index contributed by atoms with van der Waals surface area (Å²) in [7, 11) is 0. The summed E-state index contributed by atoms with van der Waals surface area (Å²) in [5, 5.41) is 3.41. The van der Waals surface area contributed by atoms with Crippen LogP contribution in [0.1, 0.15) is 38.6 Å². The van der Waals surface area contributed by atoms with Crippen LogP contribution in [-0.2, 0) is 11.8 Å². The summed E-state index contributed by atoms with van der Waals surface area (Å²) in [6.45, 7) is 9.02. The molecule has 2 heterocycles. The number of hydrogen-bond acceptors (Lipinski definition) is 2. The summed E-state index contributed by atoms with van der Waals surface area (Å²) in [5.41, 5.74) is 3.81. The van der Waals surface area contributed by atoms with Gasteiger partial charge in [0, 0.05) is 6.42 Å². The van der Waals surface area contributed by atoms with Crippen molar-refractivity contribution in [3.63, 3.8) is 0 Å². The fraction of sp³-hybridized carbons (Fsp3) is 0.562. The Kier molecular flexibility index (Phi) is 3.09. The Morgan fingerprint density at radius 2 is 2.16 bits per heavy atom. The lowest BCUT2D eigenvalue weighted by Gasteiger charge is -2.18. The minimum absolute atomic E-state index is 0.189. The van der Waals surface area contributed by atoms with Crippen LogP contribution in [0.2, 0.25) is 0 Å². The molecule has 0 spiro atoms. The minimum atomic E-state index is 0.189. The highest BCUT2D eigenvalue weighted by atomic mass is 14.9. The van der Waals surface area contributed by atoms with Gasteiger partial charge in [0.05, 0.1) is 11.0 Å². The summed E-state index contributed by atoms with van der Waals surface area (Å²) in [4.78, 5) is 8.21. The molecular formula is C16H23N3. The number of benzene rings is 1. The lowest BCUT2D eigenvalue weighted by atomic mass is 9.87. The molecule has 3 nitrogen and oxygen atoms in total. The molecule has 1 saturated heterocycles. The minimum Gasteiger partial charge on any atom is -0.342 e. The molecule has 3 rings (SSSR count). The largest absolute Gasteiger partial charge is 0.342 e. The second-order valence-corrected chi connectivity index (χ2v) is 6.73. The maximum Gasteiger partial charge on any atom is 0.107 e. The van der Waals surface area contributed by atoms with Crippen LogP contribution < -0.4 is 5.32 Å². The van der Waals surface area contributed by atoms with Crippen molar-refractivity contribution >= 4 is 11.0 Å². The first-order valence-electron chi connectivity index (χ1n) is 7.22. The van der Waals surface area contributed by atoms with Crippen molar-refractivity contribution in [3.8, 4) is 0 Å². The van der Waals surface area contributed by atoms with E-state index in [2.05, 4.69) is 49.3 Å². The molecule has 3 heteroatoms. The molecule has 2 N–H and O–H groups in total. The normalized spacial score (nSPS) is 20.3. The van der Waals surface area contributed by atoms with E-state index in [1.54, 1.807) is 0 Å². The van der Waals surface area contributed by atoms with Crippen LogP contribution in [0, 0.1) is 5.92 Å². The Hall–Kier alpha value is -1.35. The highest BCUT2D eigenvalue weighted by molar-refractivity contribution is 5.76. The summed E-state index contributed by atoms with van der Waals surface area (Å²) < 4.78 is 0. The molecular weight excluding hydrogens is 234 g/mol. The maximum atomic E-state index is 4.72. The second-order valence-electron chi connectivity index (χ2n) is 6.73. The highest BCUT2D eigenvalue weighted by Gasteiger charge is 2.18. The van der Waals surface area contributed by atoms with E-state index in [0.29, 0.717) is 0 Å². The standard InChI is InChI=1S/C16H23N3/c1-16(2,3)12-4-5-13-14(9-12)19-15(18-13)8-11-6-7-17-10-11/h4-5,9,11,17H,6-8,10H2,1-3H3,(H,18,19). The Bertz CT molecular complexity index is 571. The number of hydrogen-bond donors (Lipinski definition) is 2. The topological polar surface area (TPSA) is 40.7 Å². The van der Waals surface area contributed by atoms with Crippen LogP contribution in [-0.4, -0.2) is 23.1 Å². The van der Waals surface area contributed by atoms with Crippen molar-refractivity contribution in [2.75, 3.05) is 13.1 Å². The molecule has 1 aliphatic rings. The molecule has 1 atom stereocenters. The molecule has 0 aliphatic carbocycles. The van der Waals surface area contributed by atoms with Gasteiger partial charge in [0.25, 0.3) is 0 Å². The zero-order chi connectivity index (χ0) is 13.5. The van der Waals surface area contributed by atoms with Crippen LogP contribution in [0.15, 0.2) is 18.2 Å². The molecule has 0 radical (unpaired) electrons. The third-order valence-corrected chi connectivity index (χ3v) is 4.04. The first-order chi connectivity index (χ1) is 9.02. The van der Waals surface area contributed by atoms with Gasteiger partial charge >= 0.3 is 0 Å². The molecule has 0 saturated carbocycles. The maximum absolute atomic E-state index is 4.72. The lowest BCUT2D eigenvalue weighted by Crippen LogP contribution is -2.11. The number of nitrogens with zero attached hydrogens (tertiary/aromatic N) is 1. The molecule has 1 unspecified atom stereocenters. The van der Waals surface area contributed by atoms with Crippen molar-refractivity contribution in [2.24, 2.45) is 5.92 Å². The van der Waals surface area contributed by atoms with Gasteiger partial charge in [0.1, 0.15) is 5.82 Å². The van der Waals surface area contributed by atoms with E-state index in [9.17, 15) is 0 Å². The van der Waals surface area contributed by atoms with Crippen LogP contribution in [0.3, 0.4) is 0 Å². The Morgan fingerprint density at radius 3 is 2.84 bits per heavy atom. The molecule has 1 aromatic heterocycles. The predicted molar refractivity (Wildman–Crippen MR) is 79.5 cm³/mol. The molecule has 1 fully saturated rings. The van der Waals surface area contributed by atoms with Crippen LogP contribution in [0.5, 0.6) is 0 Å². The smallest absolute Gasteiger partial charge is 0.107 e.